The minimum atomic E-state index is -1.33. The van der Waals surface area contributed by atoms with Gasteiger partial charge in [0.05, 0.1) is 32.8 Å². The Balaban J connectivity index is 2.25. The van der Waals surface area contributed by atoms with Gasteiger partial charge in [-0.15, -0.1) is 0 Å². The Bertz CT molecular complexity index is 728. The molecule has 0 aliphatic carbocycles. The summed E-state index contributed by atoms with van der Waals surface area (Å²) in [7, 11) is 2.75. The number of benzene rings is 1. The molecule has 2 rings (SSSR count). The Morgan fingerprint density at radius 2 is 2.08 bits per heavy atom. The molecule has 1 saturated heterocycles. The molecule has 1 N–H and O–H groups in total. The molecule has 1 aromatic rings. The highest BCUT2D eigenvalue weighted by Gasteiger charge is 2.41. The molecule has 1 aliphatic heterocycles. The number of carbonyl (C=O) groups is 3. The quantitative estimate of drug-likeness (QED) is 0.587. The van der Waals surface area contributed by atoms with Crippen molar-refractivity contribution in [3.05, 3.63) is 35.4 Å². The van der Waals surface area contributed by atoms with Crippen molar-refractivity contribution in [1.29, 1.82) is 0 Å². The maximum Gasteiger partial charge on any atom is 0.335 e. The number of likely N-dealkylation sites (tertiary alicyclic amines) is 1. The van der Waals surface area contributed by atoms with E-state index in [1.807, 2.05) is 0 Å². The minimum absolute atomic E-state index is 0.144. The van der Waals surface area contributed by atoms with Crippen LogP contribution < -0.4 is 4.74 Å². The molecule has 0 saturated carbocycles. The first-order chi connectivity index (χ1) is 12.3. The van der Waals surface area contributed by atoms with E-state index in [-0.39, 0.29) is 18.5 Å². The van der Waals surface area contributed by atoms with E-state index in [1.165, 1.54) is 21.1 Å². The lowest BCUT2D eigenvalue weighted by atomic mass is 10.1. The molecular weight excluding hydrogens is 342 g/mol. The summed E-state index contributed by atoms with van der Waals surface area (Å²) in [5.41, 5.74) is 0.832. The summed E-state index contributed by atoms with van der Waals surface area (Å²) in [6.45, 7) is 1.02. The van der Waals surface area contributed by atoms with Crippen molar-refractivity contribution in [2.75, 3.05) is 20.8 Å². The molecule has 1 aromatic carbocycles. The minimum Gasteiger partial charge on any atom is -0.497 e. The van der Waals surface area contributed by atoms with Crippen LogP contribution >= 0.6 is 0 Å². The summed E-state index contributed by atoms with van der Waals surface area (Å²) >= 11 is 0. The molecule has 8 heteroatoms. The second-order valence-electron chi connectivity index (χ2n) is 5.73. The van der Waals surface area contributed by atoms with E-state index >= 15 is 0 Å². The number of hydrogen-bond donors (Lipinski definition) is 1. The van der Waals surface area contributed by atoms with Gasteiger partial charge in [-0.3, -0.25) is 9.59 Å². The number of nitrogens with zero attached hydrogens (tertiary/aromatic N) is 1. The van der Waals surface area contributed by atoms with Crippen LogP contribution in [0.2, 0.25) is 0 Å². The van der Waals surface area contributed by atoms with E-state index < -0.39 is 30.2 Å². The first-order valence-electron chi connectivity index (χ1n) is 7.93. The maximum atomic E-state index is 12.2. The summed E-state index contributed by atoms with van der Waals surface area (Å²) in [4.78, 5) is 36.4. The van der Waals surface area contributed by atoms with Crippen molar-refractivity contribution in [2.45, 2.75) is 25.7 Å². The van der Waals surface area contributed by atoms with Crippen molar-refractivity contribution < 1.29 is 33.7 Å². The Kier molecular flexibility index (Phi) is 6.35. The predicted molar refractivity (Wildman–Crippen MR) is 90.9 cm³/mol. The number of methoxy groups -OCH3 is 2. The predicted octanol–water partition coefficient (Wildman–Crippen LogP) is 0.734. The molecule has 0 bridgehead atoms. The zero-order valence-electron chi connectivity index (χ0n) is 14.8. The van der Waals surface area contributed by atoms with Gasteiger partial charge in [0.2, 0.25) is 5.91 Å². The van der Waals surface area contributed by atoms with E-state index in [0.717, 1.165) is 4.90 Å². The number of amides is 1. The third-order valence-electron chi connectivity index (χ3n) is 3.89. The Morgan fingerprint density at radius 1 is 1.35 bits per heavy atom. The van der Waals surface area contributed by atoms with E-state index in [1.54, 1.807) is 30.3 Å². The average Bonchev–Trinajstić information content (AvgIpc) is 2.87. The maximum absolute atomic E-state index is 12.2. The fourth-order valence-electron chi connectivity index (χ4n) is 2.66. The van der Waals surface area contributed by atoms with Gasteiger partial charge in [0.25, 0.3) is 0 Å². The summed E-state index contributed by atoms with van der Waals surface area (Å²) < 4.78 is 14.9. The molecule has 0 aromatic heterocycles. The summed E-state index contributed by atoms with van der Waals surface area (Å²) in [5.74, 6) is -1.05. The van der Waals surface area contributed by atoms with Gasteiger partial charge >= 0.3 is 11.9 Å². The fourth-order valence-corrected chi connectivity index (χ4v) is 2.66. The SMILES string of the molecule is COC(=O)/C(=C/c1cccc(OC)c1)CN1C(=O)C[C@H](OC(C)=O)[C@@H]1O. The topological polar surface area (TPSA) is 102 Å². The standard InChI is InChI=1S/C18H21NO7/c1-11(20)26-15-9-16(21)19(17(15)22)10-13(18(23)25-3)7-12-5-4-6-14(8-12)24-2/h4-8,15,17,22H,9-10H2,1-3H3/b13-7+/t15-,17-/m0/s1. The van der Waals surface area contributed by atoms with Crippen LogP contribution in [0.1, 0.15) is 18.9 Å². The van der Waals surface area contributed by atoms with Crippen molar-refractivity contribution >= 4 is 23.9 Å². The molecule has 0 unspecified atom stereocenters. The van der Waals surface area contributed by atoms with Crippen LogP contribution in [-0.2, 0) is 23.9 Å². The molecular formula is C18H21NO7. The largest absolute Gasteiger partial charge is 0.497 e. The van der Waals surface area contributed by atoms with Crippen LogP contribution in [0, 0.1) is 0 Å². The highest BCUT2D eigenvalue weighted by atomic mass is 16.6. The Hall–Kier alpha value is -2.87. The molecule has 26 heavy (non-hydrogen) atoms. The van der Waals surface area contributed by atoms with Gasteiger partial charge in [-0.05, 0) is 23.8 Å². The van der Waals surface area contributed by atoms with Gasteiger partial charge in [0.15, 0.2) is 12.3 Å². The lowest BCUT2D eigenvalue weighted by Crippen LogP contribution is -2.40. The van der Waals surface area contributed by atoms with Crippen molar-refractivity contribution in [1.82, 2.24) is 4.90 Å². The van der Waals surface area contributed by atoms with Crippen LogP contribution in [0.15, 0.2) is 29.8 Å². The van der Waals surface area contributed by atoms with Crippen molar-refractivity contribution in [3.63, 3.8) is 0 Å². The van der Waals surface area contributed by atoms with Crippen LogP contribution in [0.25, 0.3) is 6.08 Å². The molecule has 140 valence electrons. The second kappa shape index (κ2) is 8.48. The van der Waals surface area contributed by atoms with E-state index in [9.17, 15) is 19.5 Å². The number of aliphatic hydroxyl groups is 1. The fraction of sp³-hybridized carbons (Fsp3) is 0.389. The number of aliphatic hydroxyl groups excluding tert-OH is 1. The number of ether oxygens (including phenoxy) is 3. The van der Waals surface area contributed by atoms with Gasteiger partial charge in [0.1, 0.15) is 5.75 Å². The van der Waals surface area contributed by atoms with Crippen molar-refractivity contribution in [3.8, 4) is 5.75 Å². The smallest absolute Gasteiger partial charge is 0.335 e. The molecule has 1 fully saturated rings. The third kappa shape index (κ3) is 4.60. The lowest BCUT2D eigenvalue weighted by molar-refractivity contribution is -0.155. The number of hydrogen-bond acceptors (Lipinski definition) is 7. The number of carbonyl (C=O) groups excluding carboxylic acids is 3. The third-order valence-corrected chi connectivity index (χ3v) is 3.89. The first-order valence-corrected chi connectivity index (χ1v) is 7.93. The summed E-state index contributed by atoms with van der Waals surface area (Å²) in [6, 6.07) is 6.99. The molecule has 0 spiro atoms. The average molecular weight is 363 g/mol. The number of rotatable bonds is 6. The first kappa shape index (κ1) is 19.5. The van der Waals surface area contributed by atoms with Gasteiger partial charge < -0.3 is 24.2 Å². The van der Waals surface area contributed by atoms with Crippen molar-refractivity contribution in [2.24, 2.45) is 0 Å². The highest BCUT2D eigenvalue weighted by molar-refractivity contribution is 5.95. The van der Waals surface area contributed by atoms with Gasteiger partial charge in [-0.25, -0.2) is 4.79 Å². The zero-order valence-corrected chi connectivity index (χ0v) is 14.8. The van der Waals surface area contributed by atoms with Crippen LogP contribution in [0.4, 0.5) is 0 Å². The molecule has 1 heterocycles. The van der Waals surface area contributed by atoms with Gasteiger partial charge in [0, 0.05) is 6.92 Å². The van der Waals surface area contributed by atoms with Crippen LogP contribution in [0.3, 0.4) is 0 Å². The van der Waals surface area contributed by atoms with E-state index in [4.69, 9.17) is 14.2 Å². The van der Waals surface area contributed by atoms with Gasteiger partial charge in [-0.1, -0.05) is 12.1 Å². The molecule has 1 aliphatic rings. The van der Waals surface area contributed by atoms with Crippen LogP contribution in [-0.4, -0.2) is 60.9 Å². The lowest BCUT2D eigenvalue weighted by Gasteiger charge is -2.23. The normalized spacial score (nSPS) is 20.1. The Labute approximate surface area is 150 Å². The Morgan fingerprint density at radius 3 is 2.69 bits per heavy atom. The van der Waals surface area contributed by atoms with E-state index in [0.29, 0.717) is 11.3 Å². The second-order valence-corrected chi connectivity index (χ2v) is 5.73. The zero-order chi connectivity index (χ0) is 19.3. The molecule has 2 atom stereocenters. The molecule has 1 amide bonds. The van der Waals surface area contributed by atoms with Crippen LogP contribution in [0.5, 0.6) is 5.75 Å². The molecule has 8 nitrogen and oxygen atoms in total. The monoisotopic (exact) mass is 363 g/mol. The number of esters is 2. The highest BCUT2D eigenvalue weighted by Crippen LogP contribution is 2.23. The molecule has 0 radical (unpaired) electrons. The summed E-state index contributed by atoms with van der Waals surface area (Å²) in [6.07, 6.45) is -0.887. The summed E-state index contributed by atoms with van der Waals surface area (Å²) in [5, 5.41) is 10.2. The van der Waals surface area contributed by atoms with E-state index in [2.05, 4.69) is 0 Å². The van der Waals surface area contributed by atoms with Gasteiger partial charge in [-0.2, -0.15) is 0 Å².